The molecule has 2 rings (SSSR count). The number of benzene rings is 1. The molecule has 0 radical (unpaired) electrons. The summed E-state index contributed by atoms with van der Waals surface area (Å²) < 4.78 is 15.2. The lowest BCUT2D eigenvalue weighted by atomic mass is 10.1. The molecule has 0 unspecified atom stereocenters. The number of aromatic nitrogens is 3. The Balaban J connectivity index is 2.31. The number of aryl methyl sites for hydroxylation is 2. The van der Waals surface area contributed by atoms with E-state index in [4.69, 9.17) is 5.11 Å². The van der Waals surface area contributed by atoms with Crippen LogP contribution >= 0.6 is 0 Å². The molecule has 1 N–H and O–H groups in total. The third kappa shape index (κ3) is 2.34. The van der Waals surface area contributed by atoms with Crippen LogP contribution in [0.2, 0.25) is 0 Å². The van der Waals surface area contributed by atoms with Gasteiger partial charge in [-0.05, 0) is 30.5 Å². The zero-order chi connectivity index (χ0) is 12.4. The molecule has 0 atom stereocenters. The van der Waals surface area contributed by atoms with Gasteiger partial charge in [-0.2, -0.15) is 0 Å². The maximum Gasteiger partial charge on any atom is 0.158 e. The Kier molecular flexibility index (Phi) is 3.19. The molecule has 4 nitrogen and oxygen atoms in total. The van der Waals surface area contributed by atoms with Crippen LogP contribution in [0, 0.1) is 19.7 Å². The molecule has 0 saturated heterocycles. The molecule has 0 bridgehead atoms. The summed E-state index contributed by atoms with van der Waals surface area (Å²) in [5, 5.41) is 16.6. The summed E-state index contributed by atoms with van der Waals surface area (Å²) in [5.74, 6) is 0.338. The second kappa shape index (κ2) is 4.63. The third-order valence-electron chi connectivity index (χ3n) is 2.69. The number of nitrogens with zero attached hydrogens (tertiary/aromatic N) is 3. The first kappa shape index (κ1) is 11.7. The van der Waals surface area contributed by atoms with Crippen molar-refractivity contribution in [3.8, 4) is 0 Å². The Hall–Kier alpha value is -1.75. The third-order valence-corrected chi connectivity index (χ3v) is 2.69. The predicted octanol–water partition coefficient (Wildman–Crippen LogP) is 1.57. The van der Waals surface area contributed by atoms with Crippen molar-refractivity contribution in [2.24, 2.45) is 0 Å². The Morgan fingerprint density at radius 3 is 2.53 bits per heavy atom. The number of rotatable bonds is 3. The van der Waals surface area contributed by atoms with Crippen LogP contribution in [0.4, 0.5) is 4.39 Å². The molecule has 17 heavy (non-hydrogen) atoms. The second-order valence-electron chi connectivity index (χ2n) is 4.08. The molecule has 90 valence electrons. The summed E-state index contributed by atoms with van der Waals surface area (Å²) in [7, 11) is 0. The first-order chi connectivity index (χ1) is 8.11. The standard InChI is InChI=1S/C12H14FN3O/c1-8-3-10(4-9(2)12(8)13)5-16-7-14-15-11(16)6-17/h3-4,7,17H,5-6H2,1-2H3. The molecular formula is C12H14FN3O. The van der Waals surface area contributed by atoms with E-state index < -0.39 is 0 Å². The zero-order valence-corrected chi connectivity index (χ0v) is 9.81. The van der Waals surface area contributed by atoms with Crippen molar-refractivity contribution in [1.82, 2.24) is 14.8 Å². The van der Waals surface area contributed by atoms with E-state index in [2.05, 4.69) is 10.2 Å². The molecule has 2 aromatic rings. The minimum absolute atomic E-state index is 0.154. The fourth-order valence-electron chi connectivity index (χ4n) is 1.86. The van der Waals surface area contributed by atoms with Crippen molar-refractivity contribution < 1.29 is 9.50 Å². The summed E-state index contributed by atoms with van der Waals surface area (Å²) in [5.41, 5.74) is 2.22. The molecular weight excluding hydrogens is 221 g/mol. The quantitative estimate of drug-likeness (QED) is 0.878. The van der Waals surface area contributed by atoms with Gasteiger partial charge in [0.25, 0.3) is 0 Å². The van der Waals surface area contributed by atoms with Crippen molar-refractivity contribution >= 4 is 0 Å². The first-order valence-corrected chi connectivity index (χ1v) is 5.35. The van der Waals surface area contributed by atoms with Crippen molar-refractivity contribution in [3.63, 3.8) is 0 Å². The average Bonchev–Trinajstić information content (AvgIpc) is 2.73. The largest absolute Gasteiger partial charge is 0.388 e. The van der Waals surface area contributed by atoms with Crippen LogP contribution in [0.25, 0.3) is 0 Å². The molecule has 1 aromatic carbocycles. The summed E-state index contributed by atoms with van der Waals surface area (Å²) in [6.45, 7) is 3.86. The van der Waals surface area contributed by atoms with E-state index in [0.29, 0.717) is 23.5 Å². The number of hydrogen-bond acceptors (Lipinski definition) is 3. The molecule has 0 aliphatic carbocycles. The van der Waals surface area contributed by atoms with E-state index >= 15 is 0 Å². The molecule has 0 aliphatic rings. The van der Waals surface area contributed by atoms with Gasteiger partial charge < -0.3 is 9.67 Å². The Morgan fingerprint density at radius 1 is 1.29 bits per heavy atom. The summed E-state index contributed by atoms with van der Waals surface area (Å²) in [6.07, 6.45) is 1.56. The summed E-state index contributed by atoms with van der Waals surface area (Å²) in [6, 6.07) is 3.59. The maximum atomic E-state index is 13.5. The number of aliphatic hydroxyl groups excluding tert-OH is 1. The molecule has 0 aliphatic heterocycles. The van der Waals surface area contributed by atoms with Crippen LogP contribution in [-0.4, -0.2) is 19.9 Å². The van der Waals surface area contributed by atoms with E-state index in [-0.39, 0.29) is 12.4 Å². The van der Waals surface area contributed by atoms with Crippen LogP contribution in [0.1, 0.15) is 22.5 Å². The van der Waals surface area contributed by atoms with Crippen molar-refractivity contribution in [2.75, 3.05) is 0 Å². The number of aliphatic hydroxyl groups is 1. The summed E-state index contributed by atoms with van der Waals surface area (Å²) >= 11 is 0. The van der Waals surface area contributed by atoms with Crippen LogP contribution in [0.5, 0.6) is 0 Å². The highest BCUT2D eigenvalue weighted by Gasteiger charge is 2.07. The molecule has 0 spiro atoms. The summed E-state index contributed by atoms with van der Waals surface area (Å²) in [4.78, 5) is 0. The SMILES string of the molecule is Cc1cc(Cn2cnnc2CO)cc(C)c1F. The average molecular weight is 235 g/mol. The lowest BCUT2D eigenvalue weighted by Crippen LogP contribution is -2.05. The van der Waals surface area contributed by atoms with Gasteiger partial charge >= 0.3 is 0 Å². The zero-order valence-electron chi connectivity index (χ0n) is 9.81. The molecule has 0 amide bonds. The van der Waals surface area contributed by atoms with Crippen molar-refractivity contribution in [2.45, 2.75) is 27.0 Å². The molecule has 0 fully saturated rings. The topological polar surface area (TPSA) is 50.9 Å². The van der Waals surface area contributed by atoms with Crippen LogP contribution in [0.15, 0.2) is 18.5 Å². The fourth-order valence-corrected chi connectivity index (χ4v) is 1.86. The van der Waals surface area contributed by atoms with E-state index in [1.54, 1.807) is 36.9 Å². The number of hydrogen-bond donors (Lipinski definition) is 1. The minimum Gasteiger partial charge on any atom is -0.388 e. The molecule has 0 saturated carbocycles. The van der Waals surface area contributed by atoms with E-state index in [1.807, 2.05) is 0 Å². The minimum atomic E-state index is -0.167. The van der Waals surface area contributed by atoms with Gasteiger partial charge in [0, 0.05) is 0 Å². The van der Waals surface area contributed by atoms with Gasteiger partial charge in [-0.25, -0.2) is 4.39 Å². The Bertz CT molecular complexity index is 513. The van der Waals surface area contributed by atoms with Gasteiger partial charge in [0.2, 0.25) is 0 Å². The normalized spacial score (nSPS) is 10.8. The highest BCUT2D eigenvalue weighted by molar-refractivity contribution is 5.30. The first-order valence-electron chi connectivity index (χ1n) is 5.35. The van der Waals surface area contributed by atoms with Gasteiger partial charge in [0.15, 0.2) is 5.82 Å². The smallest absolute Gasteiger partial charge is 0.158 e. The number of halogens is 1. The van der Waals surface area contributed by atoms with E-state index in [9.17, 15) is 4.39 Å². The molecule has 5 heteroatoms. The van der Waals surface area contributed by atoms with E-state index in [0.717, 1.165) is 5.56 Å². The predicted molar refractivity (Wildman–Crippen MR) is 60.9 cm³/mol. The van der Waals surface area contributed by atoms with Gasteiger partial charge in [-0.1, -0.05) is 12.1 Å². The fraction of sp³-hybridized carbons (Fsp3) is 0.333. The molecule has 1 aromatic heterocycles. The second-order valence-corrected chi connectivity index (χ2v) is 4.08. The van der Waals surface area contributed by atoms with Crippen molar-refractivity contribution in [1.29, 1.82) is 0 Å². The van der Waals surface area contributed by atoms with Gasteiger partial charge in [0.05, 0.1) is 6.54 Å². The lowest BCUT2D eigenvalue weighted by molar-refractivity contribution is 0.265. The monoisotopic (exact) mass is 235 g/mol. The Labute approximate surface area is 98.7 Å². The van der Waals surface area contributed by atoms with Crippen LogP contribution in [0.3, 0.4) is 0 Å². The lowest BCUT2D eigenvalue weighted by Gasteiger charge is -2.08. The Morgan fingerprint density at radius 2 is 1.94 bits per heavy atom. The van der Waals surface area contributed by atoms with Gasteiger partial charge in [0.1, 0.15) is 18.8 Å². The van der Waals surface area contributed by atoms with Crippen LogP contribution < -0.4 is 0 Å². The van der Waals surface area contributed by atoms with Gasteiger partial charge in [-0.15, -0.1) is 10.2 Å². The van der Waals surface area contributed by atoms with Crippen LogP contribution in [-0.2, 0) is 13.2 Å². The highest BCUT2D eigenvalue weighted by atomic mass is 19.1. The molecule has 1 heterocycles. The van der Waals surface area contributed by atoms with E-state index in [1.165, 1.54) is 0 Å². The highest BCUT2D eigenvalue weighted by Crippen LogP contribution is 2.15. The van der Waals surface area contributed by atoms with Crippen molar-refractivity contribution in [3.05, 3.63) is 46.8 Å². The van der Waals surface area contributed by atoms with Gasteiger partial charge in [-0.3, -0.25) is 0 Å². The maximum absolute atomic E-state index is 13.5.